The molecule has 0 saturated heterocycles. The Kier molecular flexibility index (Phi) is 4.75. The third kappa shape index (κ3) is 4.03. The molecule has 25 heavy (non-hydrogen) atoms. The topological polar surface area (TPSA) is 94.0 Å². The third-order valence-electron chi connectivity index (χ3n) is 3.30. The first-order valence-corrected chi connectivity index (χ1v) is 7.37. The van der Waals surface area contributed by atoms with Crippen molar-refractivity contribution in [2.75, 3.05) is 0 Å². The number of aryl methyl sites for hydroxylation is 1. The van der Waals surface area contributed by atoms with Crippen LogP contribution in [0.2, 0.25) is 0 Å². The largest absolute Gasteiger partial charge is 0.469 e. The number of benzene rings is 1. The zero-order valence-corrected chi connectivity index (χ0v) is 13.3. The highest BCUT2D eigenvalue weighted by atomic mass is 16.5. The van der Waals surface area contributed by atoms with E-state index in [0.717, 1.165) is 5.56 Å². The van der Waals surface area contributed by atoms with E-state index < -0.39 is 5.97 Å². The average Bonchev–Trinajstić information content (AvgIpc) is 3.28. The number of hydrazone groups is 1. The second-order valence-corrected chi connectivity index (χ2v) is 5.03. The van der Waals surface area contributed by atoms with E-state index in [9.17, 15) is 9.59 Å². The van der Waals surface area contributed by atoms with E-state index in [-0.39, 0.29) is 11.7 Å². The van der Waals surface area contributed by atoms with E-state index in [1.54, 1.807) is 43.3 Å². The van der Waals surface area contributed by atoms with Crippen LogP contribution in [0.15, 0.2) is 68.9 Å². The van der Waals surface area contributed by atoms with Crippen molar-refractivity contribution in [1.29, 1.82) is 0 Å². The number of nitrogens with zero attached hydrogens (tertiary/aromatic N) is 1. The summed E-state index contributed by atoms with van der Waals surface area (Å²) in [5.74, 6) is 0.0931. The Morgan fingerprint density at radius 1 is 1.08 bits per heavy atom. The van der Waals surface area contributed by atoms with Gasteiger partial charge in [-0.1, -0.05) is 0 Å². The predicted octanol–water partition coefficient (Wildman–Crippen LogP) is 3.16. The molecule has 1 N–H and O–H groups in total. The summed E-state index contributed by atoms with van der Waals surface area (Å²) >= 11 is 0. The minimum Gasteiger partial charge on any atom is -0.469 e. The maximum absolute atomic E-state index is 11.9. The molecular formula is C18H14N2O5. The highest BCUT2D eigenvalue weighted by Gasteiger charge is 2.11. The number of hydrogen-bond donors (Lipinski definition) is 1. The lowest BCUT2D eigenvalue weighted by Crippen LogP contribution is -2.17. The van der Waals surface area contributed by atoms with E-state index in [4.69, 9.17) is 13.6 Å². The summed E-state index contributed by atoms with van der Waals surface area (Å²) in [7, 11) is 0. The number of hydrogen-bond acceptors (Lipinski definition) is 6. The van der Waals surface area contributed by atoms with Gasteiger partial charge in [-0.15, -0.1) is 0 Å². The van der Waals surface area contributed by atoms with Crippen LogP contribution in [-0.4, -0.2) is 18.1 Å². The minimum absolute atomic E-state index is 0.128. The van der Waals surface area contributed by atoms with Crippen LogP contribution in [0.4, 0.5) is 0 Å². The van der Waals surface area contributed by atoms with Crippen molar-refractivity contribution >= 4 is 18.1 Å². The number of esters is 1. The van der Waals surface area contributed by atoms with Gasteiger partial charge in [0.15, 0.2) is 0 Å². The van der Waals surface area contributed by atoms with Crippen molar-refractivity contribution in [1.82, 2.24) is 5.43 Å². The zero-order chi connectivity index (χ0) is 17.6. The molecule has 0 radical (unpaired) electrons. The SMILES string of the molecule is Cc1occc1C(=O)N/N=C/c1ccc(OC(=O)c2ccco2)cc1. The van der Waals surface area contributed by atoms with Gasteiger partial charge in [-0.25, -0.2) is 10.2 Å². The first-order valence-electron chi connectivity index (χ1n) is 7.37. The lowest BCUT2D eigenvalue weighted by molar-refractivity contribution is 0.0701. The molecule has 3 rings (SSSR count). The summed E-state index contributed by atoms with van der Waals surface area (Å²) in [5, 5.41) is 3.88. The van der Waals surface area contributed by atoms with Crippen molar-refractivity contribution in [2.24, 2.45) is 5.10 Å². The monoisotopic (exact) mass is 338 g/mol. The predicted molar refractivity (Wildman–Crippen MR) is 88.6 cm³/mol. The summed E-state index contributed by atoms with van der Waals surface area (Å²) < 4.78 is 15.2. The Balaban J connectivity index is 1.56. The molecule has 0 atom stereocenters. The van der Waals surface area contributed by atoms with Gasteiger partial charge in [0.25, 0.3) is 5.91 Å². The first kappa shape index (κ1) is 16.3. The van der Waals surface area contributed by atoms with Crippen molar-refractivity contribution < 1.29 is 23.2 Å². The Labute approximate surface area is 142 Å². The summed E-state index contributed by atoms with van der Waals surface area (Å²) in [4.78, 5) is 23.6. The molecule has 3 aromatic rings. The summed E-state index contributed by atoms with van der Waals surface area (Å²) in [5.41, 5.74) is 3.56. The molecule has 0 aliphatic heterocycles. The fourth-order valence-electron chi connectivity index (χ4n) is 2.02. The zero-order valence-electron chi connectivity index (χ0n) is 13.3. The summed E-state index contributed by atoms with van der Waals surface area (Å²) in [6, 6.07) is 11.3. The van der Waals surface area contributed by atoms with Gasteiger partial charge in [-0.05, 0) is 55.0 Å². The molecule has 0 unspecified atom stereocenters. The Bertz CT molecular complexity index is 892. The van der Waals surface area contributed by atoms with Crippen LogP contribution in [0.3, 0.4) is 0 Å². The van der Waals surface area contributed by atoms with Crippen molar-refractivity contribution in [3.63, 3.8) is 0 Å². The van der Waals surface area contributed by atoms with E-state index in [1.807, 2.05) is 0 Å². The van der Waals surface area contributed by atoms with Crippen LogP contribution in [0.1, 0.15) is 32.2 Å². The van der Waals surface area contributed by atoms with Crippen molar-refractivity contribution in [3.05, 3.63) is 77.6 Å². The molecule has 1 amide bonds. The van der Waals surface area contributed by atoms with Crippen molar-refractivity contribution in [2.45, 2.75) is 6.92 Å². The van der Waals surface area contributed by atoms with Gasteiger partial charge >= 0.3 is 5.97 Å². The molecule has 2 aromatic heterocycles. The Hall–Kier alpha value is -3.61. The first-order chi connectivity index (χ1) is 12.1. The van der Waals surface area contributed by atoms with Crippen LogP contribution < -0.4 is 10.2 Å². The van der Waals surface area contributed by atoms with E-state index in [1.165, 1.54) is 24.8 Å². The van der Waals surface area contributed by atoms with Crippen LogP contribution in [0.5, 0.6) is 5.75 Å². The van der Waals surface area contributed by atoms with Gasteiger partial charge in [0.2, 0.25) is 5.76 Å². The summed E-state index contributed by atoms with van der Waals surface area (Å²) in [6.07, 6.45) is 4.32. The highest BCUT2D eigenvalue weighted by molar-refractivity contribution is 5.95. The van der Waals surface area contributed by atoms with Gasteiger partial charge in [-0.2, -0.15) is 5.10 Å². The summed E-state index contributed by atoms with van der Waals surface area (Å²) in [6.45, 7) is 1.70. The van der Waals surface area contributed by atoms with E-state index in [2.05, 4.69) is 10.5 Å². The maximum atomic E-state index is 11.9. The number of carbonyl (C=O) groups excluding carboxylic acids is 2. The molecule has 0 saturated carbocycles. The smallest absolute Gasteiger partial charge is 0.379 e. The quantitative estimate of drug-likeness (QED) is 0.334. The fourth-order valence-corrected chi connectivity index (χ4v) is 2.02. The van der Waals surface area contributed by atoms with Crippen LogP contribution in [0, 0.1) is 6.92 Å². The minimum atomic E-state index is -0.575. The second kappa shape index (κ2) is 7.31. The maximum Gasteiger partial charge on any atom is 0.379 e. The number of carbonyl (C=O) groups is 2. The third-order valence-corrected chi connectivity index (χ3v) is 3.30. The molecule has 0 bridgehead atoms. The van der Waals surface area contributed by atoms with Crippen LogP contribution in [-0.2, 0) is 0 Å². The normalized spacial score (nSPS) is 10.8. The van der Waals surface area contributed by atoms with Gasteiger partial charge in [0.05, 0.1) is 24.3 Å². The number of nitrogens with one attached hydrogen (secondary N) is 1. The standard InChI is InChI=1S/C18H14N2O5/c1-12-15(8-10-23-12)17(21)20-19-11-13-4-6-14(7-5-13)25-18(22)16-3-2-9-24-16/h2-11H,1H3,(H,20,21)/b19-11+. The van der Waals surface area contributed by atoms with Gasteiger partial charge < -0.3 is 13.6 Å². The van der Waals surface area contributed by atoms with Crippen LogP contribution >= 0.6 is 0 Å². The number of furan rings is 2. The molecular weight excluding hydrogens is 324 g/mol. The molecule has 0 aliphatic carbocycles. The number of rotatable bonds is 5. The van der Waals surface area contributed by atoms with Crippen molar-refractivity contribution in [3.8, 4) is 5.75 Å². The van der Waals surface area contributed by atoms with Gasteiger partial charge in [0, 0.05) is 0 Å². The second-order valence-electron chi connectivity index (χ2n) is 5.03. The molecule has 126 valence electrons. The molecule has 7 nitrogen and oxygen atoms in total. The molecule has 0 spiro atoms. The molecule has 0 fully saturated rings. The molecule has 1 aromatic carbocycles. The molecule has 2 heterocycles. The Morgan fingerprint density at radius 3 is 2.52 bits per heavy atom. The lowest BCUT2D eigenvalue weighted by atomic mass is 10.2. The van der Waals surface area contributed by atoms with Gasteiger partial charge in [0.1, 0.15) is 11.5 Å². The van der Waals surface area contributed by atoms with E-state index >= 15 is 0 Å². The average molecular weight is 338 g/mol. The van der Waals surface area contributed by atoms with Crippen LogP contribution in [0.25, 0.3) is 0 Å². The van der Waals surface area contributed by atoms with E-state index in [0.29, 0.717) is 17.1 Å². The van der Waals surface area contributed by atoms with Gasteiger partial charge in [-0.3, -0.25) is 4.79 Å². The fraction of sp³-hybridized carbons (Fsp3) is 0.0556. The highest BCUT2D eigenvalue weighted by Crippen LogP contribution is 2.14. The number of ether oxygens (including phenoxy) is 1. The lowest BCUT2D eigenvalue weighted by Gasteiger charge is -2.02. The number of amides is 1. The Morgan fingerprint density at radius 2 is 1.88 bits per heavy atom. The molecule has 7 heteroatoms. The molecule has 0 aliphatic rings.